The lowest BCUT2D eigenvalue weighted by Gasteiger charge is -2.35. The first-order valence-electron chi connectivity index (χ1n) is 12.2. The molecule has 1 aliphatic carbocycles. The maximum Gasteiger partial charge on any atom is 0.418 e. The fourth-order valence-corrected chi connectivity index (χ4v) is 4.65. The van der Waals surface area contributed by atoms with E-state index in [1.807, 2.05) is 0 Å². The summed E-state index contributed by atoms with van der Waals surface area (Å²) >= 11 is 0. The second kappa shape index (κ2) is 10.6. The highest BCUT2D eigenvalue weighted by Gasteiger charge is 2.42. The first kappa shape index (κ1) is 28.9. The number of Topliss-reactive ketones (excluding diaryl/α,β-unsaturated/α-hetero) is 1. The van der Waals surface area contributed by atoms with Crippen LogP contribution in [0.5, 0.6) is 0 Å². The minimum Gasteiger partial charge on any atom is -0.420 e. The third-order valence-electron chi connectivity index (χ3n) is 6.61. The van der Waals surface area contributed by atoms with Crippen LogP contribution in [0, 0.1) is 5.41 Å². The largest absolute Gasteiger partial charge is 0.420 e. The van der Waals surface area contributed by atoms with Gasteiger partial charge in [-0.15, -0.1) is 0 Å². The number of halogens is 3. The highest BCUT2D eigenvalue weighted by atomic mass is 19.4. The number of fused-ring (bicyclic) bond motifs is 1. The Bertz CT molecular complexity index is 1280. The Hall–Kier alpha value is -3.63. The molecule has 1 amide bonds. The van der Waals surface area contributed by atoms with Gasteiger partial charge in [-0.05, 0) is 45.7 Å². The summed E-state index contributed by atoms with van der Waals surface area (Å²) in [6.07, 6.45) is 2.06. The Labute approximate surface area is 219 Å². The van der Waals surface area contributed by atoms with Gasteiger partial charge in [0.25, 0.3) is 5.91 Å². The molecule has 2 heterocycles. The quantitative estimate of drug-likeness (QED) is 0.176. The highest BCUT2D eigenvalue weighted by molar-refractivity contribution is 6.24. The first-order valence-corrected chi connectivity index (χ1v) is 12.2. The van der Waals surface area contributed by atoms with Gasteiger partial charge in [0.1, 0.15) is 5.65 Å². The van der Waals surface area contributed by atoms with E-state index >= 15 is 0 Å². The number of ketones is 1. The smallest absolute Gasteiger partial charge is 0.418 e. The van der Waals surface area contributed by atoms with Crippen LogP contribution >= 0.6 is 0 Å². The van der Waals surface area contributed by atoms with Crippen molar-refractivity contribution in [3.8, 4) is 0 Å². The molecule has 0 aromatic carbocycles. The minimum atomic E-state index is -4.56. The number of alkyl halides is 3. The Morgan fingerprint density at radius 1 is 1.24 bits per heavy atom. The van der Waals surface area contributed by atoms with E-state index in [0.717, 1.165) is 19.0 Å². The molecule has 0 saturated heterocycles. The van der Waals surface area contributed by atoms with Crippen molar-refractivity contribution in [1.82, 2.24) is 19.8 Å². The highest BCUT2D eigenvalue weighted by Crippen LogP contribution is 2.43. The number of nitrogens with one attached hydrogen (secondary N) is 1. The number of likely N-dealkylation sites (N-methyl/N-ethyl adjacent to an activating group) is 2. The third-order valence-corrected chi connectivity index (χ3v) is 6.61. The van der Waals surface area contributed by atoms with Gasteiger partial charge in [0.15, 0.2) is 5.76 Å². The molecule has 0 unspecified atom stereocenters. The molecule has 8 nitrogen and oxygen atoms in total. The van der Waals surface area contributed by atoms with E-state index in [-0.39, 0.29) is 17.6 Å². The second-order valence-electron chi connectivity index (χ2n) is 10.7. The Morgan fingerprint density at radius 3 is 2.42 bits per heavy atom. The van der Waals surface area contributed by atoms with Gasteiger partial charge < -0.3 is 19.5 Å². The van der Waals surface area contributed by atoms with Crippen LogP contribution in [-0.4, -0.2) is 52.8 Å². The van der Waals surface area contributed by atoms with E-state index in [1.165, 1.54) is 31.6 Å². The van der Waals surface area contributed by atoms with Gasteiger partial charge in [0.2, 0.25) is 5.78 Å². The summed E-state index contributed by atoms with van der Waals surface area (Å²) in [7, 11) is 2.97. The van der Waals surface area contributed by atoms with Gasteiger partial charge in [-0.3, -0.25) is 14.4 Å². The van der Waals surface area contributed by atoms with Crippen LogP contribution in [0.4, 0.5) is 13.2 Å². The standard InChI is InChI=1S/C27H33F3N4O4/c1-17(23(36)31-5)21(35)20(38-24(37)25(2,3)4)15-33(6)16-26(11-7-8-12-26)34-14-19(27(28,29)30)18-10-9-13-32-22(18)34/h9-10,13-15H,1,7-8,11-12,16H2,2-6H3,(H,31,36). The van der Waals surface area contributed by atoms with Crippen molar-refractivity contribution in [3.63, 3.8) is 0 Å². The minimum absolute atomic E-state index is 0.0151. The molecule has 2 aromatic heterocycles. The molecular weight excluding hydrogens is 501 g/mol. The summed E-state index contributed by atoms with van der Waals surface area (Å²) in [5.41, 5.74) is -2.66. The molecule has 0 radical (unpaired) electrons. The van der Waals surface area contributed by atoms with Gasteiger partial charge in [0.05, 0.1) is 22.1 Å². The lowest BCUT2D eigenvalue weighted by molar-refractivity contribution is -0.150. The summed E-state index contributed by atoms with van der Waals surface area (Å²) in [5.74, 6) is -2.70. The molecule has 1 N–H and O–H groups in total. The van der Waals surface area contributed by atoms with Crippen LogP contribution in [0.25, 0.3) is 11.0 Å². The number of hydrogen-bond donors (Lipinski definition) is 1. The number of hydrogen-bond acceptors (Lipinski definition) is 6. The number of carbonyl (C=O) groups excluding carboxylic acids is 3. The maximum atomic E-state index is 13.9. The fourth-order valence-electron chi connectivity index (χ4n) is 4.65. The van der Waals surface area contributed by atoms with Crippen molar-refractivity contribution in [1.29, 1.82) is 0 Å². The van der Waals surface area contributed by atoms with Crippen LogP contribution in [0.1, 0.15) is 52.0 Å². The van der Waals surface area contributed by atoms with Crippen LogP contribution < -0.4 is 5.32 Å². The first-order chi connectivity index (χ1) is 17.6. The third kappa shape index (κ3) is 5.92. The fraction of sp³-hybridized carbons (Fsp3) is 0.481. The zero-order chi connectivity index (χ0) is 28.5. The van der Waals surface area contributed by atoms with Gasteiger partial charge in [-0.2, -0.15) is 13.2 Å². The molecule has 11 heteroatoms. The van der Waals surface area contributed by atoms with Crippen LogP contribution in [0.15, 0.2) is 48.6 Å². The van der Waals surface area contributed by atoms with Gasteiger partial charge in [-0.1, -0.05) is 19.4 Å². The van der Waals surface area contributed by atoms with Crippen LogP contribution in [0.3, 0.4) is 0 Å². The van der Waals surface area contributed by atoms with Crippen molar-refractivity contribution in [2.24, 2.45) is 5.41 Å². The molecular formula is C27H33F3N4O4. The summed E-state index contributed by atoms with van der Waals surface area (Å²) in [6.45, 7) is 8.56. The van der Waals surface area contributed by atoms with Crippen molar-refractivity contribution in [3.05, 3.63) is 54.2 Å². The van der Waals surface area contributed by atoms with Gasteiger partial charge in [-0.25, -0.2) is 4.98 Å². The summed E-state index contributed by atoms with van der Waals surface area (Å²) < 4.78 is 48.6. The number of allylic oxidation sites excluding steroid dienone is 1. The van der Waals surface area contributed by atoms with Crippen molar-refractivity contribution >= 4 is 28.7 Å². The number of esters is 1. The zero-order valence-electron chi connectivity index (χ0n) is 22.2. The number of nitrogens with zero attached hydrogens (tertiary/aromatic N) is 3. The van der Waals surface area contributed by atoms with E-state index in [9.17, 15) is 27.6 Å². The molecule has 38 heavy (non-hydrogen) atoms. The van der Waals surface area contributed by atoms with Crippen molar-refractivity contribution in [2.45, 2.75) is 58.2 Å². The van der Waals surface area contributed by atoms with Gasteiger partial charge in [0, 0.05) is 44.6 Å². The predicted octanol–water partition coefficient (Wildman–Crippen LogP) is 4.56. The Balaban J connectivity index is 2.04. The van der Waals surface area contributed by atoms with E-state index < -0.39 is 51.7 Å². The number of amides is 1. The molecule has 1 fully saturated rings. The molecule has 0 bridgehead atoms. The molecule has 0 spiro atoms. The average Bonchev–Trinajstić information content (AvgIpc) is 3.46. The molecule has 2 aromatic rings. The second-order valence-corrected chi connectivity index (χ2v) is 10.7. The maximum absolute atomic E-state index is 13.9. The average molecular weight is 535 g/mol. The van der Waals surface area contributed by atoms with Crippen LogP contribution in [0.2, 0.25) is 0 Å². The van der Waals surface area contributed by atoms with E-state index in [2.05, 4.69) is 16.9 Å². The van der Waals surface area contributed by atoms with E-state index in [0.29, 0.717) is 12.8 Å². The number of carbonyl (C=O) groups is 3. The SMILES string of the molecule is C=C(C(=O)NC)C(=O)C(=CN(C)CC1(n2cc(C(F)(F)F)c3cccnc32)CCCC1)OC(=O)C(C)(C)C. The molecule has 1 saturated carbocycles. The number of ether oxygens (including phenoxy) is 1. The molecule has 3 rings (SSSR count). The van der Waals surface area contributed by atoms with Gasteiger partial charge >= 0.3 is 12.1 Å². The van der Waals surface area contributed by atoms with E-state index in [1.54, 1.807) is 37.3 Å². The monoisotopic (exact) mass is 534 g/mol. The summed E-state index contributed by atoms with van der Waals surface area (Å²) in [6, 6.07) is 2.87. The molecule has 0 aliphatic heterocycles. The zero-order valence-corrected chi connectivity index (χ0v) is 22.2. The number of aromatic nitrogens is 2. The van der Waals surface area contributed by atoms with E-state index in [4.69, 9.17) is 4.74 Å². The summed E-state index contributed by atoms with van der Waals surface area (Å²) in [5, 5.41) is 2.33. The lowest BCUT2D eigenvalue weighted by Crippen LogP contribution is -2.40. The predicted molar refractivity (Wildman–Crippen MR) is 136 cm³/mol. The molecule has 0 atom stereocenters. The lowest BCUT2D eigenvalue weighted by atomic mass is 9.96. The summed E-state index contributed by atoms with van der Waals surface area (Å²) in [4.78, 5) is 43.6. The Kier molecular flexibility index (Phi) is 8.09. The molecule has 1 aliphatic rings. The van der Waals surface area contributed by atoms with Crippen molar-refractivity contribution in [2.75, 3.05) is 20.6 Å². The topological polar surface area (TPSA) is 93.5 Å². The van der Waals surface area contributed by atoms with Crippen molar-refractivity contribution < 1.29 is 32.3 Å². The number of rotatable bonds is 8. The normalized spacial score (nSPS) is 15.8. The number of pyridine rings is 1. The molecule has 206 valence electrons. The Morgan fingerprint density at radius 2 is 1.87 bits per heavy atom. The van der Waals surface area contributed by atoms with Crippen LogP contribution in [-0.2, 0) is 30.8 Å².